The van der Waals surface area contributed by atoms with Gasteiger partial charge in [0, 0.05) is 31.5 Å². The minimum absolute atomic E-state index is 0.243. The molecule has 8 nitrogen and oxygen atoms in total. The number of nitrogens with one attached hydrogen (secondary N) is 1. The van der Waals surface area contributed by atoms with Gasteiger partial charge in [0.2, 0.25) is 6.29 Å². The number of anilines is 1. The van der Waals surface area contributed by atoms with Gasteiger partial charge in [-0.25, -0.2) is 4.79 Å². The molecule has 0 saturated heterocycles. The van der Waals surface area contributed by atoms with E-state index in [1.807, 2.05) is 25.5 Å². The Kier molecular flexibility index (Phi) is 5.60. The largest absolute Gasteiger partial charge is 0.464 e. The number of carbonyl (C=O) groups excluding carboxylic acids is 1. The number of hydrogen-bond donors (Lipinski definition) is 1. The molecule has 0 radical (unpaired) electrons. The molecule has 1 amide bonds. The van der Waals surface area contributed by atoms with Crippen LogP contribution in [0.5, 0.6) is 5.75 Å². The quantitative estimate of drug-likeness (QED) is 0.822. The topological polar surface area (TPSA) is 94.2 Å². The van der Waals surface area contributed by atoms with Crippen LogP contribution in [-0.2, 0) is 24.6 Å². The van der Waals surface area contributed by atoms with Crippen LogP contribution >= 0.6 is 0 Å². The lowest BCUT2D eigenvalue weighted by Crippen LogP contribution is -2.36. The van der Waals surface area contributed by atoms with E-state index in [9.17, 15) is 13.2 Å². The zero-order valence-corrected chi connectivity index (χ0v) is 15.8. The van der Waals surface area contributed by atoms with Crippen LogP contribution in [0, 0.1) is 0 Å². The summed E-state index contributed by atoms with van der Waals surface area (Å²) >= 11 is 0. The molecule has 0 bridgehead atoms. The normalized spacial score (nSPS) is 18.4. The van der Waals surface area contributed by atoms with Crippen molar-refractivity contribution < 1.29 is 26.9 Å². The van der Waals surface area contributed by atoms with Gasteiger partial charge in [0.25, 0.3) is 0 Å². The lowest BCUT2D eigenvalue weighted by molar-refractivity contribution is -0.0981. The Labute approximate surface area is 148 Å². The Bertz CT molecular complexity index is 747. The van der Waals surface area contributed by atoms with E-state index in [4.69, 9.17) is 9.47 Å². The highest BCUT2D eigenvalue weighted by molar-refractivity contribution is 7.85. The smallest absolute Gasteiger partial charge is 0.430 e. The third kappa shape index (κ3) is 3.88. The SMILES string of the molecule is CCOC1Oc2ccc(N(CC)C(=O)OS(=O)(=O)NC)cc2C1(C)C. The first-order chi connectivity index (χ1) is 11.7. The van der Waals surface area contributed by atoms with Crippen molar-refractivity contribution in [2.75, 3.05) is 25.1 Å². The van der Waals surface area contributed by atoms with Crippen LogP contribution in [0.1, 0.15) is 33.3 Å². The molecule has 1 aliphatic heterocycles. The van der Waals surface area contributed by atoms with Crippen LogP contribution in [0.3, 0.4) is 0 Å². The molecule has 2 rings (SSSR count). The monoisotopic (exact) mass is 372 g/mol. The van der Waals surface area contributed by atoms with Crippen molar-refractivity contribution in [2.24, 2.45) is 0 Å². The third-order valence-electron chi connectivity index (χ3n) is 4.08. The molecule has 1 heterocycles. The van der Waals surface area contributed by atoms with E-state index in [-0.39, 0.29) is 6.54 Å². The molecule has 1 unspecified atom stereocenters. The summed E-state index contributed by atoms with van der Waals surface area (Å²) in [6, 6.07) is 5.22. The summed E-state index contributed by atoms with van der Waals surface area (Å²) in [7, 11) is -2.95. The van der Waals surface area contributed by atoms with Gasteiger partial charge in [-0.1, -0.05) is 0 Å². The first-order valence-corrected chi connectivity index (χ1v) is 9.44. The van der Waals surface area contributed by atoms with Crippen molar-refractivity contribution in [3.8, 4) is 5.75 Å². The van der Waals surface area contributed by atoms with Crippen molar-refractivity contribution in [3.63, 3.8) is 0 Å². The fourth-order valence-electron chi connectivity index (χ4n) is 2.67. The maximum absolute atomic E-state index is 12.2. The molecule has 0 saturated carbocycles. The van der Waals surface area contributed by atoms with Crippen molar-refractivity contribution in [1.29, 1.82) is 0 Å². The average Bonchev–Trinajstić information content (AvgIpc) is 2.79. The van der Waals surface area contributed by atoms with Crippen LogP contribution < -0.4 is 14.4 Å². The summed E-state index contributed by atoms with van der Waals surface area (Å²) in [6.07, 6.45) is -1.40. The predicted molar refractivity (Wildman–Crippen MR) is 93.0 cm³/mol. The summed E-state index contributed by atoms with van der Waals surface area (Å²) in [5.41, 5.74) is 0.986. The van der Waals surface area contributed by atoms with Crippen LogP contribution in [-0.4, -0.2) is 41.0 Å². The molecule has 9 heteroatoms. The third-order valence-corrected chi connectivity index (χ3v) is 4.94. The number of fused-ring (bicyclic) bond motifs is 1. The van der Waals surface area contributed by atoms with Crippen LogP contribution in [0.15, 0.2) is 18.2 Å². The Balaban J connectivity index is 2.33. The first kappa shape index (κ1) is 19.5. The van der Waals surface area contributed by atoms with Gasteiger partial charge in [-0.2, -0.15) is 13.1 Å². The number of rotatable bonds is 6. The highest BCUT2D eigenvalue weighted by Gasteiger charge is 2.42. The molecule has 0 aliphatic carbocycles. The summed E-state index contributed by atoms with van der Waals surface area (Å²) in [5.74, 6) is 0.680. The zero-order chi connectivity index (χ0) is 18.8. The predicted octanol–water partition coefficient (Wildman–Crippen LogP) is 2.15. The molecule has 0 aromatic heterocycles. The highest BCUT2D eigenvalue weighted by Crippen LogP contribution is 2.44. The van der Waals surface area contributed by atoms with Gasteiger partial charge in [-0.15, -0.1) is 0 Å². The van der Waals surface area contributed by atoms with Gasteiger partial charge in [-0.3, -0.25) is 4.90 Å². The molecule has 1 aromatic carbocycles. The zero-order valence-electron chi connectivity index (χ0n) is 15.0. The summed E-state index contributed by atoms with van der Waals surface area (Å²) < 4.78 is 40.8. The molecule has 25 heavy (non-hydrogen) atoms. The van der Waals surface area contributed by atoms with Crippen molar-refractivity contribution in [2.45, 2.75) is 39.4 Å². The number of hydrogen-bond acceptors (Lipinski definition) is 6. The van der Waals surface area contributed by atoms with Gasteiger partial charge in [0.1, 0.15) is 5.75 Å². The van der Waals surface area contributed by atoms with Crippen LogP contribution in [0.4, 0.5) is 10.5 Å². The second-order valence-electron chi connectivity index (χ2n) is 6.06. The fourth-order valence-corrected chi connectivity index (χ4v) is 3.03. The molecule has 1 aromatic rings. The van der Waals surface area contributed by atoms with E-state index in [2.05, 4.69) is 4.18 Å². The van der Waals surface area contributed by atoms with E-state index in [1.54, 1.807) is 25.1 Å². The molecule has 0 spiro atoms. The van der Waals surface area contributed by atoms with Crippen molar-refractivity contribution in [3.05, 3.63) is 23.8 Å². The Morgan fingerprint density at radius 1 is 1.36 bits per heavy atom. The minimum atomic E-state index is -4.12. The lowest BCUT2D eigenvalue weighted by atomic mass is 9.85. The van der Waals surface area contributed by atoms with Gasteiger partial charge >= 0.3 is 16.4 Å². The van der Waals surface area contributed by atoms with Gasteiger partial charge in [-0.05, 0) is 45.9 Å². The Morgan fingerprint density at radius 2 is 2.04 bits per heavy atom. The number of nitrogens with zero attached hydrogens (tertiary/aromatic N) is 1. The summed E-state index contributed by atoms with van der Waals surface area (Å²) in [5, 5.41) is 0. The van der Waals surface area contributed by atoms with Gasteiger partial charge in [0.05, 0.1) is 5.41 Å². The van der Waals surface area contributed by atoms with E-state index in [0.29, 0.717) is 18.0 Å². The van der Waals surface area contributed by atoms with E-state index >= 15 is 0 Å². The number of amides is 1. The molecule has 0 fully saturated rings. The molecule has 1 atom stereocenters. The number of benzene rings is 1. The van der Waals surface area contributed by atoms with E-state index in [0.717, 1.165) is 5.56 Å². The number of carbonyl (C=O) groups is 1. The first-order valence-electron chi connectivity index (χ1n) is 8.03. The van der Waals surface area contributed by atoms with Crippen LogP contribution in [0.25, 0.3) is 0 Å². The Morgan fingerprint density at radius 3 is 2.60 bits per heavy atom. The van der Waals surface area contributed by atoms with E-state index in [1.165, 1.54) is 11.9 Å². The lowest BCUT2D eigenvalue weighted by Gasteiger charge is -2.26. The van der Waals surface area contributed by atoms with Crippen molar-refractivity contribution >= 4 is 22.1 Å². The summed E-state index contributed by atoms with van der Waals surface area (Å²) in [6.45, 7) is 8.36. The minimum Gasteiger partial charge on any atom is -0.464 e. The standard InChI is InChI=1S/C16H24N2O6S/c1-6-18(15(19)24-25(20,21)17-5)11-8-9-13-12(10-11)16(3,4)14(23-13)22-7-2/h8-10,14,17H,6-7H2,1-5H3. The maximum Gasteiger partial charge on any atom is 0.430 e. The molecular formula is C16H24N2O6S. The summed E-state index contributed by atoms with van der Waals surface area (Å²) in [4.78, 5) is 13.4. The highest BCUT2D eigenvalue weighted by atomic mass is 32.2. The van der Waals surface area contributed by atoms with Crippen molar-refractivity contribution in [1.82, 2.24) is 4.72 Å². The maximum atomic E-state index is 12.2. The molecule has 1 N–H and O–H groups in total. The molecule has 140 valence electrons. The second kappa shape index (κ2) is 7.19. The van der Waals surface area contributed by atoms with Gasteiger partial charge in [0.15, 0.2) is 0 Å². The fraction of sp³-hybridized carbons (Fsp3) is 0.562. The molecular weight excluding hydrogens is 348 g/mol. The molecule has 1 aliphatic rings. The number of ether oxygens (including phenoxy) is 2. The Hall–Kier alpha value is -1.84. The van der Waals surface area contributed by atoms with E-state index < -0.39 is 28.1 Å². The van der Waals surface area contributed by atoms with Crippen LogP contribution in [0.2, 0.25) is 0 Å². The van der Waals surface area contributed by atoms with Gasteiger partial charge < -0.3 is 13.7 Å². The average molecular weight is 372 g/mol. The second-order valence-corrected chi connectivity index (χ2v) is 7.54.